The maximum atomic E-state index is 13.9. The number of aliphatic hydroxyl groups is 1. The quantitative estimate of drug-likeness (QED) is 0.798. The Hall–Kier alpha value is -1.85. The number of halogens is 1. The molecule has 5 heteroatoms. The molecule has 2 aromatic carbocycles. The van der Waals surface area contributed by atoms with Gasteiger partial charge in [0, 0.05) is 11.3 Å². The Kier molecular flexibility index (Phi) is 6.19. The number of hydrogen-bond acceptors (Lipinski definition) is 3. The van der Waals surface area contributed by atoms with Crippen LogP contribution >= 0.6 is 11.8 Å². The molecule has 0 bridgehead atoms. The van der Waals surface area contributed by atoms with E-state index in [-0.39, 0.29) is 5.56 Å². The summed E-state index contributed by atoms with van der Waals surface area (Å²) in [6.45, 7) is 1.71. The van der Waals surface area contributed by atoms with Gasteiger partial charge in [-0.25, -0.2) is 4.39 Å². The van der Waals surface area contributed by atoms with Crippen LogP contribution in [0.15, 0.2) is 53.4 Å². The summed E-state index contributed by atoms with van der Waals surface area (Å²) in [6.07, 6.45) is 1.47. The standard InChI is InChI=1S/C18H20FNO2S/c1-12(15(21)11-13-7-4-3-5-8-13)20-18(22)17-14(19)9-6-10-16(17)23-2/h3-10,12,15,21H,11H2,1-2H3,(H,20,22)/t12-,15-/m1/s1. The van der Waals surface area contributed by atoms with Gasteiger partial charge in [0.1, 0.15) is 5.82 Å². The average Bonchev–Trinajstić information content (AvgIpc) is 2.55. The summed E-state index contributed by atoms with van der Waals surface area (Å²) in [5.74, 6) is -1.06. The summed E-state index contributed by atoms with van der Waals surface area (Å²) in [5, 5.41) is 12.9. The normalized spacial score (nSPS) is 13.4. The lowest BCUT2D eigenvalue weighted by atomic mass is 10.0. The van der Waals surface area contributed by atoms with Gasteiger partial charge < -0.3 is 10.4 Å². The minimum Gasteiger partial charge on any atom is -0.391 e. The van der Waals surface area contributed by atoms with Crippen molar-refractivity contribution in [1.82, 2.24) is 5.32 Å². The van der Waals surface area contributed by atoms with Crippen molar-refractivity contribution in [2.75, 3.05) is 6.26 Å². The Bertz CT molecular complexity index is 663. The van der Waals surface area contributed by atoms with E-state index in [2.05, 4.69) is 5.32 Å². The Morgan fingerprint density at radius 3 is 2.57 bits per heavy atom. The van der Waals surface area contributed by atoms with Crippen LogP contribution in [0.25, 0.3) is 0 Å². The van der Waals surface area contributed by atoms with Gasteiger partial charge in [0.25, 0.3) is 5.91 Å². The third-order valence-corrected chi connectivity index (χ3v) is 4.43. The van der Waals surface area contributed by atoms with E-state index in [0.29, 0.717) is 11.3 Å². The molecule has 0 fully saturated rings. The van der Waals surface area contributed by atoms with E-state index >= 15 is 0 Å². The maximum Gasteiger partial charge on any atom is 0.255 e. The van der Waals surface area contributed by atoms with Crippen molar-refractivity contribution in [2.45, 2.75) is 30.4 Å². The molecule has 0 saturated heterocycles. The van der Waals surface area contributed by atoms with Crippen molar-refractivity contribution in [3.05, 3.63) is 65.5 Å². The molecule has 2 atom stereocenters. The first-order valence-corrected chi connectivity index (χ1v) is 8.60. The molecule has 23 heavy (non-hydrogen) atoms. The number of hydrogen-bond donors (Lipinski definition) is 2. The molecule has 0 aliphatic rings. The third-order valence-electron chi connectivity index (χ3n) is 3.65. The average molecular weight is 333 g/mol. The lowest BCUT2D eigenvalue weighted by Gasteiger charge is -2.21. The number of carbonyl (C=O) groups is 1. The first-order valence-electron chi connectivity index (χ1n) is 7.38. The zero-order valence-electron chi connectivity index (χ0n) is 13.1. The lowest BCUT2D eigenvalue weighted by molar-refractivity contribution is 0.0845. The van der Waals surface area contributed by atoms with Crippen LogP contribution in [0, 0.1) is 5.82 Å². The molecule has 1 amide bonds. The predicted octanol–water partition coefficient (Wildman–Crippen LogP) is 3.27. The zero-order chi connectivity index (χ0) is 16.8. The summed E-state index contributed by atoms with van der Waals surface area (Å²) in [5.41, 5.74) is 1.01. The highest BCUT2D eigenvalue weighted by atomic mass is 32.2. The fourth-order valence-electron chi connectivity index (χ4n) is 2.30. The van der Waals surface area contributed by atoms with Gasteiger partial charge in [0.05, 0.1) is 17.7 Å². The highest BCUT2D eigenvalue weighted by molar-refractivity contribution is 7.98. The second-order valence-corrected chi connectivity index (χ2v) is 6.18. The van der Waals surface area contributed by atoms with Crippen molar-refractivity contribution >= 4 is 17.7 Å². The Balaban J connectivity index is 2.05. The molecule has 2 N–H and O–H groups in total. The van der Waals surface area contributed by atoms with Gasteiger partial charge in [-0.3, -0.25) is 4.79 Å². The minimum absolute atomic E-state index is 0.0266. The van der Waals surface area contributed by atoms with E-state index in [9.17, 15) is 14.3 Å². The molecule has 2 rings (SSSR count). The molecular weight excluding hydrogens is 313 g/mol. The van der Waals surface area contributed by atoms with E-state index in [1.165, 1.54) is 17.8 Å². The Morgan fingerprint density at radius 2 is 1.91 bits per heavy atom. The summed E-state index contributed by atoms with van der Waals surface area (Å²) in [6, 6.07) is 13.6. The SMILES string of the molecule is CSc1cccc(F)c1C(=O)N[C@H](C)[C@H](O)Cc1ccccc1. The minimum atomic E-state index is -0.745. The topological polar surface area (TPSA) is 49.3 Å². The summed E-state index contributed by atoms with van der Waals surface area (Å²) < 4.78 is 13.9. The molecule has 0 unspecified atom stereocenters. The van der Waals surface area contributed by atoms with E-state index in [1.807, 2.05) is 30.3 Å². The Morgan fingerprint density at radius 1 is 1.22 bits per heavy atom. The largest absolute Gasteiger partial charge is 0.391 e. The summed E-state index contributed by atoms with van der Waals surface area (Å²) in [4.78, 5) is 12.9. The number of aliphatic hydroxyl groups excluding tert-OH is 1. The number of carbonyl (C=O) groups excluding carboxylic acids is 1. The second-order valence-electron chi connectivity index (χ2n) is 5.34. The van der Waals surface area contributed by atoms with Crippen molar-refractivity contribution in [2.24, 2.45) is 0 Å². The van der Waals surface area contributed by atoms with Crippen LogP contribution in [0.4, 0.5) is 4.39 Å². The number of nitrogens with one attached hydrogen (secondary N) is 1. The van der Waals surface area contributed by atoms with Crippen LogP contribution in [-0.2, 0) is 6.42 Å². The number of thioether (sulfide) groups is 1. The van der Waals surface area contributed by atoms with E-state index in [1.54, 1.807) is 25.3 Å². The smallest absolute Gasteiger partial charge is 0.255 e. The van der Waals surface area contributed by atoms with E-state index < -0.39 is 23.9 Å². The van der Waals surface area contributed by atoms with Crippen molar-refractivity contribution < 1.29 is 14.3 Å². The molecule has 0 saturated carbocycles. The Labute approximate surface area is 139 Å². The maximum absolute atomic E-state index is 13.9. The highest BCUT2D eigenvalue weighted by Crippen LogP contribution is 2.23. The zero-order valence-corrected chi connectivity index (χ0v) is 13.9. The van der Waals surface area contributed by atoms with Crippen molar-refractivity contribution in [1.29, 1.82) is 0 Å². The van der Waals surface area contributed by atoms with Gasteiger partial charge in [0.2, 0.25) is 0 Å². The van der Waals surface area contributed by atoms with Crippen LogP contribution in [0.1, 0.15) is 22.8 Å². The number of amides is 1. The van der Waals surface area contributed by atoms with Crippen molar-refractivity contribution in [3.8, 4) is 0 Å². The molecule has 0 radical (unpaired) electrons. The number of rotatable bonds is 6. The predicted molar refractivity (Wildman–Crippen MR) is 91.3 cm³/mol. The highest BCUT2D eigenvalue weighted by Gasteiger charge is 2.21. The number of benzene rings is 2. The van der Waals surface area contributed by atoms with Gasteiger partial charge in [0.15, 0.2) is 0 Å². The molecule has 122 valence electrons. The van der Waals surface area contributed by atoms with Crippen LogP contribution < -0.4 is 5.32 Å². The van der Waals surface area contributed by atoms with Crippen LogP contribution in [0.3, 0.4) is 0 Å². The first kappa shape index (κ1) is 17.5. The van der Waals surface area contributed by atoms with Crippen molar-refractivity contribution in [3.63, 3.8) is 0 Å². The molecule has 3 nitrogen and oxygen atoms in total. The fourth-order valence-corrected chi connectivity index (χ4v) is 2.91. The monoisotopic (exact) mass is 333 g/mol. The van der Waals surface area contributed by atoms with Crippen LogP contribution in [-0.4, -0.2) is 29.4 Å². The van der Waals surface area contributed by atoms with E-state index in [0.717, 1.165) is 5.56 Å². The third kappa shape index (κ3) is 4.56. The molecule has 0 aromatic heterocycles. The van der Waals surface area contributed by atoms with E-state index in [4.69, 9.17) is 0 Å². The first-order chi connectivity index (χ1) is 11.0. The van der Waals surface area contributed by atoms with Gasteiger partial charge in [-0.05, 0) is 30.9 Å². The van der Waals surface area contributed by atoms with Gasteiger partial charge in [-0.1, -0.05) is 36.4 Å². The lowest BCUT2D eigenvalue weighted by Crippen LogP contribution is -2.42. The van der Waals surface area contributed by atoms with Crippen LogP contribution in [0.2, 0.25) is 0 Å². The molecular formula is C18H20FNO2S. The molecule has 0 spiro atoms. The van der Waals surface area contributed by atoms with Gasteiger partial charge in [-0.2, -0.15) is 0 Å². The fraction of sp³-hybridized carbons (Fsp3) is 0.278. The molecule has 0 aliphatic carbocycles. The molecule has 2 aromatic rings. The van der Waals surface area contributed by atoms with Crippen LogP contribution in [0.5, 0.6) is 0 Å². The summed E-state index contributed by atoms with van der Waals surface area (Å²) in [7, 11) is 0. The summed E-state index contributed by atoms with van der Waals surface area (Å²) >= 11 is 1.31. The molecule has 0 heterocycles. The molecule has 0 aliphatic heterocycles. The van der Waals surface area contributed by atoms with Gasteiger partial charge in [-0.15, -0.1) is 11.8 Å². The second kappa shape index (κ2) is 8.13. The van der Waals surface area contributed by atoms with Gasteiger partial charge >= 0.3 is 0 Å².